The summed E-state index contributed by atoms with van der Waals surface area (Å²) in [6, 6.07) is 0. The highest BCUT2D eigenvalue weighted by Crippen LogP contribution is 2.02. The first-order valence-electron chi connectivity index (χ1n) is 5.45. The molecule has 1 rings (SSSR count). The number of hydrogen-bond acceptors (Lipinski definition) is 4. The highest BCUT2D eigenvalue weighted by Gasteiger charge is 2.12. The van der Waals surface area contributed by atoms with Gasteiger partial charge in [-0.2, -0.15) is 0 Å². The van der Waals surface area contributed by atoms with Gasteiger partial charge in [-0.05, 0) is 20.0 Å². The summed E-state index contributed by atoms with van der Waals surface area (Å²) in [7, 11) is 2.12. The molecule has 0 aromatic carbocycles. The minimum Gasteiger partial charge on any atom is -0.351 e. The quantitative estimate of drug-likeness (QED) is 0.628. The number of likely N-dealkylation sites (N-methyl/N-ethyl adjacent to an activating group) is 1. The summed E-state index contributed by atoms with van der Waals surface area (Å²) in [4.78, 5) is 2.27. The van der Waals surface area contributed by atoms with E-state index in [1.807, 2.05) is 0 Å². The second-order valence-corrected chi connectivity index (χ2v) is 3.62. The summed E-state index contributed by atoms with van der Waals surface area (Å²) in [5.41, 5.74) is 0. The molecule has 1 aliphatic heterocycles. The van der Waals surface area contributed by atoms with E-state index in [0.717, 1.165) is 45.8 Å². The van der Waals surface area contributed by atoms with Crippen molar-refractivity contribution in [2.45, 2.75) is 19.6 Å². The molecule has 0 atom stereocenters. The van der Waals surface area contributed by atoms with Crippen molar-refractivity contribution < 1.29 is 9.47 Å². The Morgan fingerprint density at radius 2 is 2.07 bits per heavy atom. The lowest BCUT2D eigenvalue weighted by atomic mass is 10.4. The standard InChI is InChI=1S/C10H22N2O2/c1-3-12(2)6-5-11-9-10-13-7-4-8-14-10/h10-11H,3-9H2,1-2H3. The maximum absolute atomic E-state index is 5.41. The van der Waals surface area contributed by atoms with Crippen LogP contribution in [-0.2, 0) is 9.47 Å². The van der Waals surface area contributed by atoms with Crippen LogP contribution in [0.25, 0.3) is 0 Å². The molecule has 0 amide bonds. The number of rotatable bonds is 6. The van der Waals surface area contributed by atoms with Gasteiger partial charge in [0.2, 0.25) is 0 Å². The van der Waals surface area contributed by atoms with E-state index in [1.165, 1.54) is 0 Å². The normalized spacial score (nSPS) is 19.1. The Kier molecular flexibility index (Phi) is 6.10. The van der Waals surface area contributed by atoms with Gasteiger partial charge in [-0.25, -0.2) is 0 Å². The second kappa shape index (κ2) is 7.17. The van der Waals surface area contributed by atoms with Crippen molar-refractivity contribution >= 4 is 0 Å². The van der Waals surface area contributed by atoms with E-state index in [1.54, 1.807) is 0 Å². The zero-order chi connectivity index (χ0) is 10.2. The van der Waals surface area contributed by atoms with E-state index >= 15 is 0 Å². The minimum atomic E-state index is -0.0318. The van der Waals surface area contributed by atoms with Gasteiger partial charge in [0.15, 0.2) is 6.29 Å². The van der Waals surface area contributed by atoms with Crippen molar-refractivity contribution in [3.8, 4) is 0 Å². The Bertz CT molecular complexity index is 138. The fourth-order valence-electron chi connectivity index (χ4n) is 1.30. The fourth-order valence-corrected chi connectivity index (χ4v) is 1.30. The number of nitrogens with zero attached hydrogens (tertiary/aromatic N) is 1. The van der Waals surface area contributed by atoms with Crippen molar-refractivity contribution in [2.75, 3.05) is 46.4 Å². The zero-order valence-corrected chi connectivity index (χ0v) is 9.29. The molecule has 1 heterocycles. The van der Waals surface area contributed by atoms with Crippen LogP contribution < -0.4 is 5.32 Å². The average Bonchev–Trinajstić information content (AvgIpc) is 2.25. The topological polar surface area (TPSA) is 33.7 Å². The van der Waals surface area contributed by atoms with Gasteiger partial charge in [0.25, 0.3) is 0 Å². The maximum Gasteiger partial charge on any atom is 0.169 e. The van der Waals surface area contributed by atoms with Crippen LogP contribution in [0.5, 0.6) is 0 Å². The molecule has 84 valence electrons. The predicted octanol–water partition coefficient (Wildman–Crippen LogP) is 0.291. The molecule has 1 fully saturated rings. The van der Waals surface area contributed by atoms with E-state index in [0.29, 0.717) is 0 Å². The minimum absolute atomic E-state index is 0.0318. The monoisotopic (exact) mass is 202 g/mol. The summed E-state index contributed by atoms with van der Waals surface area (Å²) in [6.45, 7) is 7.79. The molecule has 4 heteroatoms. The van der Waals surface area contributed by atoms with Crippen molar-refractivity contribution in [2.24, 2.45) is 0 Å². The molecule has 0 saturated carbocycles. The van der Waals surface area contributed by atoms with Gasteiger partial charge in [0, 0.05) is 19.6 Å². The maximum atomic E-state index is 5.41. The molecule has 0 aromatic heterocycles. The van der Waals surface area contributed by atoms with Crippen LogP contribution in [0, 0.1) is 0 Å². The van der Waals surface area contributed by atoms with Crippen LogP contribution >= 0.6 is 0 Å². The van der Waals surface area contributed by atoms with Gasteiger partial charge in [-0.1, -0.05) is 6.92 Å². The van der Waals surface area contributed by atoms with Crippen LogP contribution in [0.15, 0.2) is 0 Å². The second-order valence-electron chi connectivity index (χ2n) is 3.62. The highest BCUT2D eigenvalue weighted by atomic mass is 16.7. The third kappa shape index (κ3) is 4.91. The summed E-state index contributed by atoms with van der Waals surface area (Å²) in [5.74, 6) is 0. The zero-order valence-electron chi connectivity index (χ0n) is 9.29. The third-order valence-corrected chi connectivity index (χ3v) is 2.42. The Balaban J connectivity index is 1.92. The van der Waals surface area contributed by atoms with E-state index in [2.05, 4.69) is 24.2 Å². The van der Waals surface area contributed by atoms with Gasteiger partial charge in [-0.15, -0.1) is 0 Å². The first kappa shape index (κ1) is 11.9. The van der Waals surface area contributed by atoms with Crippen molar-refractivity contribution in [1.29, 1.82) is 0 Å². The molecular weight excluding hydrogens is 180 g/mol. The number of hydrogen-bond donors (Lipinski definition) is 1. The summed E-state index contributed by atoms with van der Waals surface area (Å²) >= 11 is 0. The third-order valence-electron chi connectivity index (χ3n) is 2.42. The number of nitrogens with one attached hydrogen (secondary N) is 1. The van der Waals surface area contributed by atoms with Crippen molar-refractivity contribution in [3.05, 3.63) is 0 Å². The summed E-state index contributed by atoms with van der Waals surface area (Å²) in [5, 5.41) is 3.33. The predicted molar refractivity (Wildman–Crippen MR) is 56.3 cm³/mol. The Hall–Kier alpha value is -0.160. The molecular formula is C10H22N2O2. The van der Waals surface area contributed by atoms with Crippen LogP contribution in [0.2, 0.25) is 0 Å². The molecule has 0 spiro atoms. The van der Waals surface area contributed by atoms with Gasteiger partial charge in [0.1, 0.15) is 0 Å². The Morgan fingerprint density at radius 1 is 1.36 bits per heavy atom. The fraction of sp³-hybridized carbons (Fsp3) is 1.00. The van der Waals surface area contributed by atoms with Gasteiger partial charge < -0.3 is 19.7 Å². The molecule has 0 unspecified atom stereocenters. The Morgan fingerprint density at radius 3 is 2.71 bits per heavy atom. The SMILES string of the molecule is CCN(C)CCNCC1OCCCO1. The number of ether oxygens (including phenoxy) is 2. The van der Waals surface area contributed by atoms with E-state index in [4.69, 9.17) is 9.47 Å². The van der Waals surface area contributed by atoms with Crippen LogP contribution in [0.4, 0.5) is 0 Å². The van der Waals surface area contributed by atoms with E-state index in [9.17, 15) is 0 Å². The van der Waals surface area contributed by atoms with Gasteiger partial charge >= 0.3 is 0 Å². The average molecular weight is 202 g/mol. The molecule has 1 aliphatic rings. The van der Waals surface area contributed by atoms with Gasteiger partial charge in [-0.3, -0.25) is 0 Å². The Labute approximate surface area is 86.6 Å². The first-order valence-corrected chi connectivity index (χ1v) is 5.45. The molecule has 0 bridgehead atoms. The lowest BCUT2D eigenvalue weighted by molar-refractivity contribution is -0.175. The molecule has 14 heavy (non-hydrogen) atoms. The molecule has 1 N–H and O–H groups in total. The molecule has 0 aromatic rings. The largest absolute Gasteiger partial charge is 0.351 e. The lowest BCUT2D eigenvalue weighted by Crippen LogP contribution is -2.38. The van der Waals surface area contributed by atoms with E-state index < -0.39 is 0 Å². The molecule has 0 radical (unpaired) electrons. The van der Waals surface area contributed by atoms with Crippen LogP contribution in [-0.4, -0.2) is 57.6 Å². The summed E-state index contributed by atoms with van der Waals surface area (Å²) in [6.07, 6.45) is 0.991. The highest BCUT2D eigenvalue weighted by molar-refractivity contribution is 4.57. The van der Waals surface area contributed by atoms with Crippen molar-refractivity contribution in [1.82, 2.24) is 10.2 Å². The van der Waals surface area contributed by atoms with Crippen LogP contribution in [0.3, 0.4) is 0 Å². The van der Waals surface area contributed by atoms with Gasteiger partial charge in [0.05, 0.1) is 13.2 Å². The lowest BCUT2D eigenvalue weighted by Gasteiger charge is -2.23. The summed E-state index contributed by atoms with van der Waals surface area (Å²) < 4.78 is 10.8. The molecule has 0 aliphatic carbocycles. The van der Waals surface area contributed by atoms with E-state index in [-0.39, 0.29) is 6.29 Å². The van der Waals surface area contributed by atoms with Crippen molar-refractivity contribution in [3.63, 3.8) is 0 Å². The van der Waals surface area contributed by atoms with Crippen LogP contribution in [0.1, 0.15) is 13.3 Å². The first-order chi connectivity index (χ1) is 6.83. The molecule has 4 nitrogen and oxygen atoms in total. The molecule has 1 saturated heterocycles. The smallest absolute Gasteiger partial charge is 0.169 e.